The lowest BCUT2D eigenvalue weighted by atomic mass is 10.3. The molecule has 0 radical (unpaired) electrons. The molecule has 1 N–H and O–H groups in total. The van der Waals surface area contributed by atoms with Crippen molar-refractivity contribution in [3.05, 3.63) is 58.9 Å². The molecule has 3 aromatic rings. The maximum Gasteiger partial charge on any atom is 0.246 e. The Morgan fingerprint density at radius 1 is 1.32 bits per heavy atom. The van der Waals surface area contributed by atoms with Crippen molar-refractivity contribution in [3.63, 3.8) is 0 Å². The highest BCUT2D eigenvalue weighted by molar-refractivity contribution is 6.31. The van der Waals surface area contributed by atoms with Gasteiger partial charge in [0.25, 0.3) is 0 Å². The van der Waals surface area contributed by atoms with Crippen LogP contribution in [0.3, 0.4) is 0 Å². The summed E-state index contributed by atoms with van der Waals surface area (Å²) in [5, 5.41) is 11.0. The van der Waals surface area contributed by atoms with Gasteiger partial charge in [-0.15, -0.1) is 0 Å². The number of carbonyl (C=O) groups is 1. The number of hydrogen-bond donors (Lipinski definition) is 1. The van der Waals surface area contributed by atoms with Gasteiger partial charge < -0.3 is 5.32 Å². The van der Waals surface area contributed by atoms with E-state index in [1.807, 2.05) is 0 Å². The Kier molecular flexibility index (Phi) is 4.80. The zero-order chi connectivity index (χ0) is 18.0. The number of carbonyl (C=O) groups excluding carboxylic acids is 1. The molecule has 0 fully saturated rings. The van der Waals surface area contributed by atoms with Gasteiger partial charge in [-0.05, 0) is 31.2 Å². The van der Waals surface area contributed by atoms with E-state index in [4.69, 9.17) is 11.6 Å². The van der Waals surface area contributed by atoms with Crippen molar-refractivity contribution in [2.45, 2.75) is 20.1 Å². The summed E-state index contributed by atoms with van der Waals surface area (Å²) in [6.07, 6.45) is 3.07. The van der Waals surface area contributed by atoms with Crippen molar-refractivity contribution in [1.29, 1.82) is 0 Å². The molecule has 0 aliphatic heterocycles. The van der Waals surface area contributed by atoms with Crippen LogP contribution in [0, 0.1) is 12.7 Å². The quantitative estimate of drug-likeness (QED) is 0.754. The molecule has 1 amide bonds. The summed E-state index contributed by atoms with van der Waals surface area (Å²) in [6.45, 7) is 0.764. The van der Waals surface area contributed by atoms with E-state index >= 15 is 0 Å². The molecular formula is C16H14ClF2N5O. The van der Waals surface area contributed by atoms with E-state index in [2.05, 4.69) is 15.5 Å². The molecule has 2 heterocycles. The molecule has 9 heteroatoms. The third kappa shape index (κ3) is 3.69. The van der Waals surface area contributed by atoms with Gasteiger partial charge in [-0.3, -0.25) is 9.48 Å². The molecule has 1 aromatic carbocycles. The predicted molar refractivity (Wildman–Crippen MR) is 88.9 cm³/mol. The zero-order valence-electron chi connectivity index (χ0n) is 13.2. The largest absolute Gasteiger partial charge is 0.322 e. The SMILES string of the molecule is Cc1c(Cl)c(CF)nn1CC(=O)Nc1cnn(-c2ccc(F)cc2)c1. The summed E-state index contributed by atoms with van der Waals surface area (Å²) in [6, 6.07) is 5.78. The van der Waals surface area contributed by atoms with E-state index in [0.717, 1.165) is 0 Å². The molecule has 3 rings (SSSR count). The normalized spacial score (nSPS) is 10.9. The van der Waals surface area contributed by atoms with Gasteiger partial charge in [0.15, 0.2) is 0 Å². The summed E-state index contributed by atoms with van der Waals surface area (Å²) in [7, 11) is 0. The summed E-state index contributed by atoms with van der Waals surface area (Å²) in [5.41, 5.74) is 1.75. The van der Waals surface area contributed by atoms with Crippen LogP contribution in [0.25, 0.3) is 5.69 Å². The number of nitrogens with one attached hydrogen (secondary N) is 1. The monoisotopic (exact) mass is 365 g/mol. The van der Waals surface area contributed by atoms with Crippen LogP contribution in [0.4, 0.5) is 14.5 Å². The standard InChI is InChI=1S/C16H14ClF2N5O/c1-10-16(17)14(6-18)22-23(10)9-15(25)21-12-7-20-24(8-12)13-4-2-11(19)3-5-13/h2-5,7-8H,6,9H2,1H3,(H,21,25). The van der Waals surface area contributed by atoms with Gasteiger partial charge in [0.05, 0.1) is 34.5 Å². The van der Waals surface area contributed by atoms with E-state index in [-0.39, 0.29) is 29.0 Å². The van der Waals surface area contributed by atoms with Crippen LogP contribution in [0.15, 0.2) is 36.7 Å². The third-order valence-corrected chi connectivity index (χ3v) is 4.07. The Labute approximate surface area is 147 Å². The van der Waals surface area contributed by atoms with Crippen LogP contribution in [0.1, 0.15) is 11.4 Å². The molecule has 6 nitrogen and oxygen atoms in total. The lowest BCUT2D eigenvalue weighted by molar-refractivity contribution is -0.116. The first-order chi connectivity index (χ1) is 12.0. The number of rotatable bonds is 5. The van der Waals surface area contributed by atoms with Crippen LogP contribution < -0.4 is 5.32 Å². The first-order valence-corrected chi connectivity index (χ1v) is 7.74. The summed E-state index contributed by atoms with van der Waals surface area (Å²) in [5.74, 6) is -0.698. The van der Waals surface area contributed by atoms with Crippen molar-refractivity contribution in [2.24, 2.45) is 0 Å². The van der Waals surface area contributed by atoms with Gasteiger partial charge in [0, 0.05) is 0 Å². The van der Waals surface area contributed by atoms with Gasteiger partial charge in [-0.2, -0.15) is 10.2 Å². The number of halogens is 3. The van der Waals surface area contributed by atoms with E-state index < -0.39 is 6.67 Å². The van der Waals surface area contributed by atoms with Crippen LogP contribution in [0.5, 0.6) is 0 Å². The van der Waals surface area contributed by atoms with Crippen molar-refractivity contribution in [2.75, 3.05) is 5.32 Å². The van der Waals surface area contributed by atoms with Gasteiger partial charge in [-0.25, -0.2) is 13.5 Å². The number of benzene rings is 1. The minimum Gasteiger partial charge on any atom is -0.322 e. The summed E-state index contributed by atoms with van der Waals surface area (Å²) < 4.78 is 28.6. The zero-order valence-corrected chi connectivity index (χ0v) is 14.0. The molecule has 130 valence electrons. The Morgan fingerprint density at radius 3 is 2.68 bits per heavy atom. The van der Waals surface area contributed by atoms with Crippen molar-refractivity contribution < 1.29 is 13.6 Å². The van der Waals surface area contributed by atoms with Crippen LogP contribution in [-0.2, 0) is 18.0 Å². The van der Waals surface area contributed by atoms with Gasteiger partial charge in [-0.1, -0.05) is 11.6 Å². The van der Waals surface area contributed by atoms with Crippen LogP contribution in [0.2, 0.25) is 5.02 Å². The number of alkyl halides is 1. The van der Waals surface area contributed by atoms with Crippen molar-refractivity contribution in [1.82, 2.24) is 19.6 Å². The minimum atomic E-state index is -0.793. The summed E-state index contributed by atoms with van der Waals surface area (Å²) in [4.78, 5) is 12.1. The molecule has 0 saturated heterocycles. The molecule has 0 atom stereocenters. The molecule has 2 aromatic heterocycles. The molecule has 25 heavy (non-hydrogen) atoms. The number of hydrogen-bond acceptors (Lipinski definition) is 3. The smallest absolute Gasteiger partial charge is 0.246 e. The molecule has 0 saturated carbocycles. The molecule has 0 bridgehead atoms. The first-order valence-electron chi connectivity index (χ1n) is 7.36. The second-order valence-corrected chi connectivity index (χ2v) is 5.71. The van der Waals surface area contributed by atoms with Gasteiger partial charge in [0.2, 0.25) is 5.91 Å². The molecule has 0 aliphatic rings. The average Bonchev–Trinajstić information content (AvgIpc) is 3.15. The number of anilines is 1. The fraction of sp³-hybridized carbons (Fsp3) is 0.188. The van der Waals surface area contributed by atoms with E-state index in [9.17, 15) is 13.6 Å². The fourth-order valence-electron chi connectivity index (χ4n) is 2.28. The lowest BCUT2D eigenvalue weighted by Gasteiger charge is -2.05. The average molecular weight is 366 g/mol. The van der Waals surface area contributed by atoms with Crippen molar-refractivity contribution >= 4 is 23.2 Å². The maximum absolute atomic E-state index is 12.9. The Morgan fingerprint density at radius 2 is 2.04 bits per heavy atom. The minimum absolute atomic E-state index is 0.104. The Hall–Kier alpha value is -2.74. The van der Waals surface area contributed by atoms with E-state index in [0.29, 0.717) is 17.1 Å². The fourth-order valence-corrected chi connectivity index (χ4v) is 2.47. The second-order valence-electron chi connectivity index (χ2n) is 5.34. The van der Waals surface area contributed by atoms with Crippen LogP contribution >= 0.6 is 11.6 Å². The van der Waals surface area contributed by atoms with E-state index in [1.165, 1.54) is 27.7 Å². The number of amides is 1. The summed E-state index contributed by atoms with van der Waals surface area (Å²) >= 11 is 5.94. The maximum atomic E-state index is 12.9. The highest BCUT2D eigenvalue weighted by atomic mass is 35.5. The first kappa shape index (κ1) is 17.1. The number of nitrogens with zero attached hydrogens (tertiary/aromatic N) is 4. The number of aromatic nitrogens is 4. The van der Waals surface area contributed by atoms with Gasteiger partial charge in [0.1, 0.15) is 24.7 Å². The predicted octanol–water partition coefficient (Wildman–Crippen LogP) is 3.28. The molecule has 0 spiro atoms. The van der Waals surface area contributed by atoms with Gasteiger partial charge >= 0.3 is 0 Å². The Balaban J connectivity index is 1.69. The molecular weight excluding hydrogens is 352 g/mol. The van der Waals surface area contributed by atoms with E-state index in [1.54, 1.807) is 25.3 Å². The topological polar surface area (TPSA) is 64.7 Å². The Bertz CT molecular complexity index is 904. The second kappa shape index (κ2) is 7.02. The van der Waals surface area contributed by atoms with Crippen LogP contribution in [-0.4, -0.2) is 25.5 Å². The van der Waals surface area contributed by atoms with Crippen molar-refractivity contribution in [3.8, 4) is 5.69 Å². The molecule has 0 aliphatic carbocycles. The third-order valence-electron chi connectivity index (χ3n) is 3.58. The molecule has 0 unspecified atom stereocenters. The lowest BCUT2D eigenvalue weighted by Crippen LogP contribution is -2.20. The highest BCUT2D eigenvalue weighted by Crippen LogP contribution is 2.21. The highest BCUT2D eigenvalue weighted by Gasteiger charge is 2.15.